The van der Waals surface area contributed by atoms with Crippen molar-refractivity contribution in [3.63, 3.8) is 0 Å². The maximum atomic E-state index is 13.0. The number of rotatable bonds is 8. The predicted molar refractivity (Wildman–Crippen MR) is 123 cm³/mol. The van der Waals surface area contributed by atoms with Crippen molar-refractivity contribution in [2.45, 2.75) is 19.1 Å². The molecular formula is C24H20ClF3N4O3. The number of nitrogens with zero attached hydrogens (tertiary/aromatic N) is 4. The van der Waals surface area contributed by atoms with Crippen LogP contribution in [0.1, 0.15) is 16.7 Å². The number of aryl methyl sites for hydroxylation is 1. The minimum atomic E-state index is -4.57. The number of aromatic nitrogens is 4. The van der Waals surface area contributed by atoms with E-state index in [0.29, 0.717) is 18.7 Å². The van der Waals surface area contributed by atoms with Crippen LogP contribution in [0.15, 0.2) is 71.9 Å². The van der Waals surface area contributed by atoms with Crippen LogP contribution in [-0.2, 0) is 26.2 Å². The van der Waals surface area contributed by atoms with Gasteiger partial charge in [0.2, 0.25) is 5.88 Å². The third-order valence-electron chi connectivity index (χ3n) is 5.00. The lowest BCUT2D eigenvalue weighted by Gasteiger charge is -2.12. The van der Waals surface area contributed by atoms with Gasteiger partial charge in [-0.25, -0.2) is 4.79 Å². The van der Waals surface area contributed by atoms with Crippen LogP contribution in [0.2, 0.25) is 5.02 Å². The fourth-order valence-electron chi connectivity index (χ4n) is 3.28. The van der Waals surface area contributed by atoms with Crippen LogP contribution in [0, 0.1) is 0 Å². The first-order valence-corrected chi connectivity index (χ1v) is 10.9. The number of alkyl halides is 3. The van der Waals surface area contributed by atoms with Gasteiger partial charge >= 0.3 is 11.9 Å². The summed E-state index contributed by atoms with van der Waals surface area (Å²) in [7, 11) is 1.80. The smallest absolute Gasteiger partial charge is 0.417 e. The molecule has 4 aromatic rings. The molecule has 7 nitrogen and oxygen atoms in total. The quantitative estimate of drug-likeness (QED) is 0.333. The maximum Gasteiger partial charge on any atom is 0.417 e. The molecule has 2 heterocycles. The molecule has 2 aromatic heterocycles. The van der Waals surface area contributed by atoms with E-state index in [1.165, 1.54) is 10.6 Å². The highest BCUT2D eigenvalue weighted by Crippen LogP contribution is 2.37. The van der Waals surface area contributed by atoms with Gasteiger partial charge in [-0.2, -0.15) is 23.3 Å². The summed E-state index contributed by atoms with van der Waals surface area (Å²) < 4.78 is 53.3. The first kappa shape index (κ1) is 24.3. The van der Waals surface area contributed by atoms with E-state index in [2.05, 4.69) is 10.1 Å². The molecule has 0 fully saturated rings. The normalized spacial score (nSPS) is 11.5. The highest BCUT2D eigenvalue weighted by atomic mass is 35.5. The molecule has 182 valence electrons. The van der Waals surface area contributed by atoms with Crippen LogP contribution in [0.4, 0.5) is 13.2 Å². The Morgan fingerprint density at radius 1 is 1.03 bits per heavy atom. The molecule has 11 heteroatoms. The number of hydrogen-bond acceptors (Lipinski definition) is 5. The predicted octanol–water partition coefficient (Wildman–Crippen LogP) is 5.11. The Hall–Kier alpha value is -3.79. The molecule has 0 amide bonds. The third-order valence-corrected chi connectivity index (χ3v) is 5.33. The second-order valence-corrected chi connectivity index (χ2v) is 8.09. The minimum Gasteiger partial charge on any atom is -0.477 e. The van der Waals surface area contributed by atoms with Crippen LogP contribution in [0.25, 0.3) is 0 Å². The highest BCUT2D eigenvalue weighted by molar-refractivity contribution is 6.31. The van der Waals surface area contributed by atoms with E-state index in [1.807, 2.05) is 6.20 Å². The largest absolute Gasteiger partial charge is 0.477 e. The summed E-state index contributed by atoms with van der Waals surface area (Å²) in [5.74, 6) is 0.631. The molecule has 0 aliphatic rings. The molecule has 0 saturated heterocycles. The van der Waals surface area contributed by atoms with Crippen molar-refractivity contribution in [3.8, 4) is 17.4 Å². The van der Waals surface area contributed by atoms with Gasteiger partial charge in [-0.05, 0) is 35.9 Å². The lowest BCUT2D eigenvalue weighted by Crippen LogP contribution is -2.23. The molecule has 0 N–H and O–H groups in total. The van der Waals surface area contributed by atoms with Gasteiger partial charge < -0.3 is 9.47 Å². The van der Waals surface area contributed by atoms with E-state index in [4.69, 9.17) is 21.1 Å². The zero-order valence-corrected chi connectivity index (χ0v) is 19.3. The van der Waals surface area contributed by atoms with Crippen molar-refractivity contribution in [2.24, 2.45) is 7.05 Å². The minimum absolute atomic E-state index is 0.0298. The van der Waals surface area contributed by atoms with Crippen LogP contribution < -0.4 is 15.2 Å². The van der Waals surface area contributed by atoms with E-state index in [9.17, 15) is 18.0 Å². The molecule has 0 spiro atoms. The van der Waals surface area contributed by atoms with Gasteiger partial charge in [0.25, 0.3) is 0 Å². The van der Waals surface area contributed by atoms with Gasteiger partial charge in [-0.1, -0.05) is 23.7 Å². The van der Waals surface area contributed by atoms with E-state index in [0.717, 1.165) is 23.3 Å². The Balaban J connectivity index is 1.30. The monoisotopic (exact) mass is 504 g/mol. The summed E-state index contributed by atoms with van der Waals surface area (Å²) >= 11 is 5.63. The van der Waals surface area contributed by atoms with Crippen molar-refractivity contribution in [1.82, 2.24) is 19.3 Å². The SMILES string of the molecule is Cn1cc(Cn2ccc(OCCc3ccc(Oc4ccc(Cl)c(C(F)(F)F)c4)cc3)nc2=O)cn1. The fourth-order valence-corrected chi connectivity index (χ4v) is 3.51. The summed E-state index contributed by atoms with van der Waals surface area (Å²) in [4.78, 5) is 16.2. The molecule has 0 aliphatic heterocycles. The number of benzene rings is 2. The first-order chi connectivity index (χ1) is 16.7. The van der Waals surface area contributed by atoms with Crippen LogP contribution in [-0.4, -0.2) is 25.9 Å². The van der Waals surface area contributed by atoms with E-state index >= 15 is 0 Å². The van der Waals surface area contributed by atoms with Crippen molar-refractivity contribution < 1.29 is 22.6 Å². The van der Waals surface area contributed by atoms with E-state index in [1.54, 1.807) is 54.5 Å². The van der Waals surface area contributed by atoms with Crippen molar-refractivity contribution >= 4 is 11.6 Å². The number of hydrogen-bond donors (Lipinski definition) is 0. The molecule has 0 radical (unpaired) electrons. The van der Waals surface area contributed by atoms with E-state index in [-0.39, 0.29) is 23.3 Å². The summed E-state index contributed by atoms with van der Waals surface area (Å²) in [6.45, 7) is 0.646. The topological polar surface area (TPSA) is 71.2 Å². The van der Waals surface area contributed by atoms with Gasteiger partial charge in [0.1, 0.15) is 11.5 Å². The summed E-state index contributed by atoms with van der Waals surface area (Å²) in [5, 5.41) is 3.69. The molecule has 0 atom stereocenters. The molecular weight excluding hydrogens is 485 g/mol. The third kappa shape index (κ3) is 6.42. The van der Waals surface area contributed by atoms with Gasteiger partial charge in [0.05, 0.1) is 29.9 Å². The molecule has 4 rings (SSSR count). The lowest BCUT2D eigenvalue weighted by atomic mass is 10.1. The van der Waals surface area contributed by atoms with Crippen LogP contribution in [0.3, 0.4) is 0 Å². The second kappa shape index (κ2) is 10.2. The molecule has 2 aromatic carbocycles. The summed E-state index contributed by atoms with van der Waals surface area (Å²) in [6.07, 6.45) is 1.08. The average Bonchev–Trinajstić information content (AvgIpc) is 3.22. The zero-order chi connectivity index (χ0) is 25.0. The summed E-state index contributed by atoms with van der Waals surface area (Å²) in [5.41, 5.74) is 0.413. The van der Waals surface area contributed by atoms with Gasteiger partial charge in [0.15, 0.2) is 0 Å². The highest BCUT2D eigenvalue weighted by Gasteiger charge is 2.33. The fraction of sp³-hybridized carbons (Fsp3) is 0.208. The first-order valence-electron chi connectivity index (χ1n) is 10.5. The molecule has 0 aliphatic carbocycles. The maximum absolute atomic E-state index is 13.0. The average molecular weight is 505 g/mol. The van der Waals surface area contributed by atoms with E-state index < -0.39 is 17.4 Å². The van der Waals surface area contributed by atoms with Crippen LogP contribution >= 0.6 is 11.6 Å². The standard InChI is InChI=1S/C24H20ClF3N4O3/c1-31-14-17(13-29-31)15-32-10-8-22(30-23(32)33)34-11-9-16-2-4-18(5-3-16)35-19-6-7-21(25)20(12-19)24(26,27)28/h2-8,10,12-14H,9,11,15H2,1H3. The number of halogens is 4. The van der Waals surface area contributed by atoms with Crippen molar-refractivity contribution in [1.29, 1.82) is 0 Å². The Morgan fingerprint density at radius 2 is 1.77 bits per heavy atom. The second-order valence-electron chi connectivity index (χ2n) is 7.68. The Kier molecular flexibility index (Phi) is 7.11. The number of ether oxygens (including phenoxy) is 2. The Bertz CT molecular complexity index is 1370. The van der Waals surface area contributed by atoms with Crippen molar-refractivity contribution in [2.75, 3.05) is 6.61 Å². The molecule has 0 saturated carbocycles. The Labute approximate surface area is 203 Å². The van der Waals surface area contributed by atoms with Gasteiger partial charge in [0, 0.05) is 37.5 Å². The van der Waals surface area contributed by atoms with Crippen LogP contribution in [0.5, 0.6) is 17.4 Å². The zero-order valence-electron chi connectivity index (χ0n) is 18.5. The van der Waals surface area contributed by atoms with Gasteiger partial charge in [-0.3, -0.25) is 9.25 Å². The van der Waals surface area contributed by atoms with Gasteiger partial charge in [-0.15, -0.1) is 0 Å². The molecule has 35 heavy (non-hydrogen) atoms. The van der Waals surface area contributed by atoms with Crippen molar-refractivity contribution in [3.05, 3.63) is 99.3 Å². The lowest BCUT2D eigenvalue weighted by molar-refractivity contribution is -0.137. The Morgan fingerprint density at radius 3 is 2.43 bits per heavy atom. The summed E-state index contributed by atoms with van der Waals surface area (Å²) in [6, 6.07) is 11.9. The molecule has 0 unspecified atom stereocenters. The molecule has 0 bridgehead atoms.